The Balaban J connectivity index is 1.10. The summed E-state index contributed by atoms with van der Waals surface area (Å²) < 4.78 is 0. The van der Waals surface area contributed by atoms with Crippen LogP contribution in [0.5, 0.6) is 0 Å². The number of fused-ring (bicyclic) bond motifs is 1. The van der Waals surface area contributed by atoms with Gasteiger partial charge in [-0.3, -0.25) is 14.7 Å². The second-order valence-corrected chi connectivity index (χ2v) is 8.70. The Bertz CT molecular complexity index is 724. The number of nitrogens with zero attached hydrogens (tertiary/aromatic N) is 3. The van der Waals surface area contributed by atoms with Crippen molar-refractivity contribution < 1.29 is 0 Å². The molecule has 0 spiro atoms. The highest BCUT2D eigenvalue weighted by Crippen LogP contribution is 2.37. The lowest BCUT2D eigenvalue weighted by Gasteiger charge is -2.50. The number of rotatable bonds is 5. The first-order chi connectivity index (χ1) is 13.3. The second kappa shape index (κ2) is 7.75. The molecule has 2 aromatic rings. The molecule has 3 heteroatoms. The molecule has 142 valence electrons. The summed E-state index contributed by atoms with van der Waals surface area (Å²) in [6.45, 7) is 8.63. The minimum absolute atomic E-state index is 0.815. The van der Waals surface area contributed by atoms with Crippen molar-refractivity contribution in [2.24, 2.45) is 5.92 Å². The molecule has 3 heterocycles. The molecule has 2 atom stereocenters. The topological polar surface area (TPSA) is 9.72 Å². The number of piperidine rings is 1. The van der Waals surface area contributed by atoms with Crippen molar-refractivity contribution in [2.45, 2.75) is 38.0 Å². The average Bonchev–Trinajstić information content (AvgIpc) is 3.01. The van der Waals surface area contributed by atoms with Gasteiger partial charge in [0.25, 0.3) is 0 Å². The smallest absolute Gasteiger partial charge is 0.0279 e. The first-order valence-corrected chi connectivity index (χ1v) is 10.6. The predicted molar refractivity (Wildman–Crippen MR) is 110 cm³/mol. The number of likely N-dealkylation sites (tertiary alicyclic amines) is 3. The maximum Gasteiger partial charge on any atom is 0.0279 e. The lowest BCUT2D eigenvalue weighted by Crippen LogP contribution is -2.61. The number of hydrogen-bond acceptors (Lipinski definition) is 3. The zero-order valence-electron chi connectivity index (χ0n) is 16.2. The van der Waals surface area contributed by atoms with E-state index in [9.17, 15) is 0 Å². The van der Waals surface area contributed by atoms with E-state index in [-0.39, 0.29) is 0 Å². The van der Waals surface area contributed by atoms with Gasteiger partial charge in [0.15, 0.2) is 0 Å². The van der Waals surface area contributed by atoms with Crippen molar-refractivity contribution in [1.82, 2.24) is 14.7 Å². The summed E-state index contributed by atoms with van der Waals surface area (Å²) in [5, 5.41) is 0. The van der Waals surface area contributed by atoms with Crippen LogP contribution in [0.2, 0.25) is 0 Å². The van der Waals surface area contributed by atoms with Crippen LogP contribution in [-0.4, -0.2) is 59.5 Å². The van der Waals surface area contributed by atoms with Gasteiger partial charge in [-0.15, -0.1) is 0 Å². The Morgan fingerprint density at radius 3 is 1.89 bits per heavy atom. The highest BCUT2D eigenvalue weighted by atomic mass is 15.3. The van der Waals surface area contributed by atoms with E-state index in [1.165, 1.54) is 56.7 Å². The van der Waals surface area contributed by atoms with E-state index in [0.717, 1.165) is 31.1 Å². The fourth-order valence-corrected chi connectivity index (χ4v) is 5.41. The van der Waals surface area contributed by atoms with Crippen LogP contribution in [-0.2, 0) is 13.1 Å². The first kappa shape index (κ1) is 17.4. The molecule has 3 fully saturated rings. The molecule has 3 aliphatic rings. The van der Waals surface area contributed by atoms with E-state index >= 15 is 0 Å². The summed E-state index contributed by atoms with van der Waals surface area (Å²) in [4.78, 5) is 8.16. The molecule has 0 bridgehead atoms. The maximum atomic E-state index is 2.84. The molecule has 0 radical (unpaired) electrons. The van der Waals surface area contributed by atoms with E-state index in [1.807, 2.05) is 0 Å². The van der Waals surface area contributed by atoms with Gasteiger partial charge in [0.1, 0.15) is 0 Å². The van der Waals surface area contributed by atoms with E-state index in [1.54, 1.807) is 0 Å². The Kier molecular flexibility index (Phi) is 5.00. The van der Waals surface area contributed by atoms with E-state index in [4.69, 9.17) is 0 Å². The van der Waals surface area contributed by atoms with Gasteiger partial charge in [0.05, 0.1) is 0 Å². The van der Waals surface area contributed by atoms with Crippen LogP contribution in [0.4, 0.5) is 0 Å². The van der Waals surface area contributed by atoms with E-state index in [2.05, 4.69) is 75.4 Å². The fourth-order valence-electron chi connectivity index (χ4n) is 5.41. The molecule has 0 aromatic heterocycles. The highest BCUT2D eigenvalue weighted by Gasteiger charge is 2.48. The summed E-state index contributed by atoms with van der Waals surface area (Å²) in [5.74, 6) is 0.913. The third kappa shape index (κ3) is 3.82. The zero-order chi connectivity index (χ0) is 18.1. The summed E-state index contributed by atoms with van der Waals surface area (Å²) >= 11 is 0. The SMILES string of the molecule is c1ccc(CN2CCC(N3C[C@H]4CN(Cc5ccccc5)C[C@@H]43)CC2)cc1. The van der Waals surface area contributed by atoms with Crippen LogP contribution in [0.15, 0.2) is 60.7 Å². The Labute approximate surface area is 163 Å². The first-order valence-electron chi connectivity index (χ1n) is 10.6. The van der Waals surface area contributed by atoms with Crippen LogP contribution in [0.1, 0.15) is 24.0 Å². The lowest BCUT2D eigenvalue weighted by atomic mass is 9.87. The van der Waals surface area contributed by atoms with Crippen LogP contribution in [0, 0.1) is 5.92 Å². The summed E-state index contributed by atoms with van der Waals surface area (Å²) in [6.07, 6.45) is 2.68. The van der Waals surface area contributed by atoms with Gasteiger partial charge in [-0.2, -0.15) is 0 Å². The zero-order valence-corrected chi connectivity index (χ0v) is 16.2. The predicted octanol–water partition coefficient (Wildman–Crippen LogP) is 3.47. The normalized spacial score (nSPS) is 27.4. The Hall–Kier alpha value is -1.68. The Morgan fingerprint density at radius 2 is 1.26 bits per heavy atom. The molecular formula is C24H31N3. The maximum absolute atomic E-state index is 2.84. The van der Waals surface area contributed by atoms with Crippen LogP contribution >= 0.6 is 0 Å². The molecular weight excluding hydrogens is 330 g/mol. The standard InChI is InChI=1S/C24H31N3/c1-3-7-20(8-4-1)15-25-13-11-23(12-14-25)27-18-22-17-26(19-24(22)27)16-21-9-5-2-6-10-21/h1-10,22-24H,11-19H2/t22-,24+/m1/s1. The van der Waals surface area contributed by atoms with Crippen molar-refractivity contribution in [3.63, 3.8) is 0 Å². The molecule has 0 saturated carbocycles. The van der Waals surface area contributed by atoms with Gasteiger partial charge in [-0.1, -0.05) is 60.7 Å². The number of benzene rings is 2. The third-order valence-corrected chi connectivity index (χ3v) is 6.88. The minimum atomic E-state index is 0.815. The summed E-state index contributed by atoms with van der Waals surface area (Å²) in [5.41, 5.74) is 2.91. The molecule has 27 heavy (non-hydrogen) atoms. The minimum Gasteiger partial charge on any atom is -0.299 e. The van der Waals surface area contributed by atoms with Crippen LogP contribution < -0.4 is 0 Å². The third-order valence-electron chi connectivity index (χ3n) is 6.88. The average molecular weight is 362 g/mol. The monoisotopic (exact) mass is 361 g/mol. The highest BCUT2D eigenvalue weighted by molar-refractivity contribution is 5.16. The van der Waals surface area contributed by atoms with Crippen LogP contribution in [0.3, 0.4) is 0 Å². The molecule has 3 aliphatic heterocycles. The fraction of sp³-hybridized carbons (Fsp3) is 0.500. The van der Waals surface area contributed by atoms with Crippen molar-refractivity contribution in [1.29, 1.82) is 0 Å². The molecule has 3 nitrogen and oxygen atoms in total. The second-order valence-electron chi connectivity index (χ2n) is 8.70. The molecule has 5 rings (SSSR count). The van der Waals surface area contributed by atoms with E-state index < -0.39 is 0 Å². The summed E-state index contributed by atoms with van der Waals surface area (Å²) in [7, 11) is 0. The summed E-state index contributed by atoms with van der Waals surface area (Å²) in [6, 6.07) is 23.5. The van der Waals surface area contributed by atoms with Gasteiger partial charge in [-0.05, 0) is 37.1 Å². The van der Waals surface area contributed by atoms with Crippen LogP contribution in [0.25, 0.3) is 0 Å². The van der Waals surface area contributed by atoms with Gasteiger partial charge >= 0.3 is 0 Å². The largest absolute Gasteiger partial charge is 0.299 e. The molecule has 2 aromatic carbocycles. The Morgan fingerprint density at radius 1 is 0.667 bits per heavy atom. The molecule has 0 N–H and O–H groups in total. The molecule has 3 saturated heterocycles. The van der Waals surface area contributed by atoms with Crippen molar-refractivity contribution in [2.75, 3.05) is 32.7 Å². The lowest BCUT2D eigenvalue weighted by molar-refractivity contribution is -0.0178. The molecule has 0 aliphatic carbocycles. The number of hydrogen-bond donors (Lipinski definition) is 0. The molecule has 0 amide bonds. The van der Waals surface area contributed by atoms with Gasteiger partial charge in [0, 0.05) is 50.7 Å². The molecule has 0 unspecified atom stereocenters. The van der Waals surface area contributed by atoms with Crippen molar-refractivity contribution in [3.8, 4) is 0 Å². The quantitative estimate of drug-likeness (QED) is 0.807. The van der Waals surface area contributed by atoms with Crippen molar-refractivity contribution in [3.05, 3.63) is 71.8 Å². The van der Waals surface area contributed by atoms with Gasteiger partial charge in [0.2, 0.25) is 0 Å². The van der Waals surface area contributed by atoms with E-state index in [0.29, 0.717) is 0 Å². The van der Waals surface area contributed by atoms with Crippen molar-refractivity contribution >= 4 is 0 Å². The van der Waals surface area contributed by atoms with Gasteiger partial charge < -0.3 is 0 Å². The van der Waals surface area contributed by atoms with Gasteiger partial charge in [-0.25, -0.2) is 0 Å².